The van der Waals surface area contributed by atoms with Crippen molar-refractivity contribution in [2.75, 3.05) is 11.9 Å². The number of carbonyl (C=O) groups excluding carboxylic acids is 1. The number of anilines is 2. The van der Waals surface area contributed by atoms with E-state index in [0.717, 1.165) is 16.5 Å². The van der Waals surface area contributed by atoms with Crippen molar-refractivity contribution >= 4 is 45.2 Å². The van der Waals surface area contributed by atoms with Crippen LogP contribution in [-0.2, 0) is 4.79 Å². The summed E-state index contributed by atoms with van der Waals surface area (Å²) >= 11 is 7.18. The molecule has 0 saturated heterocycles. The van der Waals surface area contributed by atoms with E-state index in [1.165, 1.54) is 11.3 Å². The topological polar surface area (TPSA) is 65.8 Å². The first-order chi connectivity index (χ1) is 12.5. The molecule has 0 saturated carbocycles. The van der Waals surface area contributed by atoms with Crippen molar-refractivity contribution in [2.45, 2.75) is 6.92 Å². The fraction of sp³-hybridized carbons (Fsp3) is 0.105. The van der Waals surface area contributed by atoms with Crippen LogP contribution in [0.15, 0.2) is 47.5 Å². The van der Waals surface area contributed by atoms with Crippen LogP contribution in [0.5, 0.6) is 5.88 Å². The molecule has 1 amide bonds. The van der Waals surface area contributed by atoms with E-state index in [0.29, 0.717) is 26.0 Å². The van der Waals surface area contributed by atoms with Crippen LogP contribution in [0.3, 0.4) is 0 Å². The van der Waals surface area contributed by atoms with Gasteiger partial charge < -0.3 is 10.0 Å². The number of fused-ring (bicyclic) bond motifs is 1. The SMILES string of the molecule is Cc1cccc2c1=NC(=O)C=2c1sc(N(C)c2ccc(Cl)cc2)nc1O. The van der Waals surface area contributed by atoms with Crippen LogP contribution in [-0.4, -0.2) is 23.0 Å². The number of thiazole rings is 1. The number of aromatic hydroxyl groups is 1. The first kappa shape index (κ1) is 16.8. The predicted octanol–water partition coefficient (Wildman–Crippen LogP) is 2.94. The second-order valence-corrected chi connectivity index (χ2v) is 7.36. The minimum absolute atomic E-state index is 0.168. The highest BCUT2D eigenvalue weighted by Gasteiger charge is 2.26. The molecule has 0 aliphatic carbocycles. The van der Waals surface area contributed by atoms with Gasteiger partial charge in [-0.2, -0.15) is 4.98 Å². The van der Waals surface area contributed by atoms with Crippen LogP contribution >= 0.6 is 22.9 Å². The Morgan fingerprint density at radius 2 is 1.88 bits per heavy atom. The highest BCUT2D eigenvalue weighted by atomic mass is 35.5. The van der Waals surface area contributed by atoms with Crippen LogP contribution < -0.4 is 15.5 Å². The van der Waals surface area contributed by atoms with Gasteiger partial charge in [-0.05, 0) is 36.8 Å². The van der Waals surface area contributed by atoms with Crippen molar-refractivity contribution in [2.24, 2.45) is 4.99 Å². The molecule has 1 aliphatic rings. The average molecular weight is 384 g/mol. The zero-order valence-corrected chi connectivity index (χ0v) is 15.6. The van der Waals surface area contributed by atoms with Gasteiger partial charge in [0.15, 0.2) is 5.13 Å². The van der Waals surface area contributed by atoms with Gasteiger partial charge in [0, 0.05) is 23.0 Å². The van der Waals surface area contributed by atoms with Gasteiger partial charge in [-0.1, -0.05) is 41.1 Å². The normalized spacial score (nSPS) is 12.9. The van der Waals surface area contributed by atoms with E-state index in [9.17, 15) is 9.90 Å². The van der Waals surface area contributed by atoms with E-state index in [4.69, 9.17) is 11.6 Å². The van der Waals surface area contributed by atoms with Gasteiger partial charge in [0.1, 0.15) is 4.88 Å². The molecule has 1 aromatic heterocycles. The Hall–Kier alpha value is -2.70. The van der Waals surface area contributed by atoms with E-state index in [2.05, 4.69) is 9.98 Å². The van der Waals surface area contributed by atoms with Crippen LogP contribution in [0.2, 0.25) is 5.02 Å². The smallest absolute Gasteiger partial charge is 0.279 e. The minimum atomic E-state index is -0.353. The van der Waals surface area contributed by atoms with Gasteiger partial charge in [0.25, 0.3) is 5.91 Å². The van der Waals surface area contributed by atoms with Gasteiger partial charge in [-0.3, -0.25) is 4.79 Å². The number of halogens is 1. The Balaban J connectivity index is 1.83. The highest BCUT2D eigenvalue weighted by molar-refractivity contribution is 7.17. The third kappa shape index (κ3) is 2.67. The third-order valence-electron chi connectivity index (χ3n) is 4.26. The molecule has 26 heavy (non-hydrogen) atoms. The lowest BCUT2D eigenvalue weighted by atomic mass is 10.1. The lowest BCUT2D eigenvalue weighted by Crippen LogP contribution is -2.25. The Morgan fingerprint density at radius 1 is 1.15 bits per heavy atom. The zero-order chi connectivity index (χ0) is 18.4. The molecule has 2 heterocycles. The monoisotopic (exact) mass is 383 g/mol. The van der Waals surface area contributed by atoms with Gasteiger partial charge in [0.2, 0.25) is 5.88 Å². The summed E-state index contributed by atoms with van der Waals surface area (Å²) in [6, 6.07) is 12.9. The molecule has 0 atom stereocenters. The number of aromatic nitrogens is 1. The summed E-state index contributed by atoms with van der Waals surface area (Å²) in [6.07, 6.45) is 0. The summed E-state index contributed by atoms with van der Waals surface area (Å²) in [5.41, 5.74) is 2.20. The standard InChI is InChI=1S/C19H14ClN3O2S/c1-10-4-3-5-13-14(17(24)21-15(10)13)16-18(25)22-19(26-16)23(2)12-8-6-11(20)7-9-12/h3-9,25H,1-2H3. The molecule has 7 heteroatoms. The number of hydrogen-bond donors (Lipinski definition) is 1. The Morgan fingerprint density at radius 3 is 2.62 bits per heavy atom. The molecule has 5 nitrogen and oxygen atoms in total. The van der Waals surface area contributed by atoms with Crippen molar-refractivity contribution in [3.05, 3.63) is 68.5 Å². The van der Waals surface area contributed by atoms with Crippen molar-refractivity contribution in [3.63, 3.8) is 0 Å². The first-order valence-electron chi connectivity index (χ1n) is 7.88. The number of benzene rings is 2. The molecule has 130 valence electrons. The summed E-state index contributed by atoms with van der Waals surface area (Å²) in [6.45, 7) is 1.91. The molecule has 0 fully saturated rings. The lowest BCUT2D eigenvalue weighted by Gasteiger charge is -2.15. The molecule has 0 spiro atoms. The van der Waals surface area contributed by atoms with Gasteiger partial charge >= 0.3 is 0 Å². The number of rotatable bonds is 3. The van der Waals surface area contributed by atoms with Crippen molar-refractivity contribution < 1.29 is 9.90 Å². The van der Waals surface area contributed by atoms with E-state index in [-0.39, 0.29) is 11.8 Å². The second kappa shape index (κ2) is 6.23. The second-order valence-electron chi connectivity index (χ2n) is 5.95. The molecular formula is C19H14ClN3O2S. The highest BCUT2D eigenvalue weighted by Crippen LogP contribution is 2.37. The van der Waals surface area contributed by atoms with Crippen LogP contribution in [0.25, 0.3) is 5.57 Å². The summed E-state index contributed by atoms with van der Waals surface area (Å²) < 4.78 is 0. The molecule has 3 aromatic rings. The molecule has 0 bridgehead atoms. The van der Waals surface area contributed by atoms with Crippen LogP contribution in [0.4, 0.5) is 10.8 Å². The number of para-hydroxylation sites is 1. The molecular weight excluding hydrogens is 370 g/mol. The minimum Gasteiger partial charge on any atom is -0.492 e. The summed E-state index contributed by atoms with van der Waals surface area (Å²) in [5, 5.41) is 13.0. The maximum absolute atomic E-state index is 12.5. The van der Waals surface area contributed by atoms with Gasteiger partial charge in [0.05, 0.1) is 10.9 Å². The maximum atomic E-state index is 12.5. The Kier molecular flexibility index (Phi) is 4.01. The van der Waals surface area contributed by atoms with E-state index < -0.39 is 0 Å². The van der Waals surface area contributed by atoms with Crippen molar-refractivity contribution in [1.82, 2.24) is 4.98 Å². The summed E-state index contributed by atoms with van der Waals surface area (Å²) in [4.78, 5) is 23.1. The third-order valence-corrected chi connectivity index (χ3v) is 5.65. The van der Waals surface area contributed by atoms with Gasteiger partial charge in [-0.15, -0.1) is 0 Å². The van der Waals surface area contributed by atoms with Crippen LogP contribution in [0, 0.1) is 6.92 Å². The number of hydrogen-bond acceptors (Lipinski definition) is 5. The first-order valence-corrected chi connectivity index (χ1v) is 9.07. The quantitative estimate of drug-likeness (QED) is 0.755. The largest absolute Gasteiger partial charge is 0.492 e. The fourth-order valence-corrected chi connectivity index (χ4v) is 4.00. The van der Waals surface area contributed by atoms with E-state index in [1.807, 2.05) is 49.2 Å². The number of carbonyl (C=O) groups is 1. The predicted molar refractivity (Wildman–Crippen MR) is 103 cm³/mol. The molecule has 2 aromatic carbocycles. The Bertz CT molecular complexity index is 1150. The van der Waals surface area contributed by atoms with Gasteiger partial charge in [-0.25, -0.2) is 4.99 Å². The Labute approximate surface area is 158 Å². The van der Waals surface area contributed by atoms with Crippen LogP contribution in [0.1, 0.15) is 10.4 Å². The fourth-order valence-electron chi connectivity index (χ4n) is 2.88. The molecule has 4 rings (SSSR count). The number of aryl methyl sites for hydroxylation is 1. The number of amides is 1. The van der Waals surface area contributed by atoms with E-state index in [1.54, 1.807) is 12.1 Å². The van der Waals surface area contributed by atoms with E-state index >= 15 is 0 Å². The maximum Gasteiger partial charge on any atom is 0.279 e. The summed E-state index contributed by atoms with van der Waals surface area (Å²) in [5.74, 6) is -0.521. The molecule has 1 N–H and O–H groups in total. The number of nitrogens with zero attached hydrogens (tertiary/aromatic N) is 3. The molecule has 0 unspecified atom stereocenters. The van der Waals surface area contributed by atoms with Crippen molar-refractivity contribution in [1.29, 1.82) is 0 Å². The molecule has 0 radical (unpaired) electrons. The lowest BCUT2D eigenvalue weighted by molar-refractivity contribution is -0.112. The zero-order valence-electron chi connectivity index (χ0n) is 14.0. The average Bonchev–Trinajstić information content (AvgIpc) is 3.15. The summed E-state index contributed by atoms with van der Waals surface area (Å²) in [7, 11) is 1.84. The van der Waals surface area contributed by atoms with Crippen molar-refractivity contribution in [3.8, 4) is 5.88 Å². The molecule has 1 aliphatic heterocycles.